The van der Waals surface area contributed by atoms with Gasteiger partial charge in [-0.25, -0.2) is 9.97 Å². The van der Waals surface area contributed by atoms with Gasteiger partial charge in [0, 0.05) is 43.3 Å². The van der Waals surface area contributed by atoms with Crippen LogP contribution in [0.15, 0.2) is 47.2 Å². The number of imidazole rings is 2. The molecule has 2 aromatic heterocycles. The molecule has 2 amide bonds. The number of primary amides is 1. The Balaban J connectivity index is 1.30. The maximum Gasteiger partial charge on any atom is 0.277 e. The van der Waals surface area contributed by atoms with Crippen molar-refractivity contribution in [2.24, 2.45) is 5.73 Å². The van der Waals surface area contributed by atoms with E-state index < -0.39 is 11.8 Å². The molecule has 38 heavy (non-hydrogen) atoms. The van der Waals surface area contributed by atoms with Crippen LogP contribution in [0.3, 0.4) is 0 Å². The molecule has 0 saturated carbocycles. The van der Waals surface area contributed by atoms with Crippen LogP contribution in [-0.2, 0) is 0 Å². The van der Waals surface area contributed by atoms with Crippen LogP contribution < -0.4 is 21.1 Å². The van der Waals surface area contributed by atoms with Crippen LogP contribution in [0.2, 0.25) is 0 Å². The number of amides is 2. The summed E-state index contributed by atoms with van der Waals surface area (Å²) < 4.78 is 8.30. The van der Waals surface area contributed by atoms with Crippen molar-refractivity contribution in [3.8, 4) is 11.4 Å². The molecule has 3 heterocycles. The number of fused-ring (bicyclic) bond motifs is 1. The van der Waals surface area contributed by atoms with E-state index in [1.165, 1.54) is 6.33 Å². The minimum absolute atomic E-state index is 0.0210. The number of ether oxygens (including phenoxy) is 1. The Labute approximate surface area is 227 Å². The van der Waals surface area contributed by atoms with Crippen molar-refractivity contribution in [3.63, 3.8) is 0 Å². The first-order chi connectivity index (χ1) is 18.4. The molecule has 1 fully saturated rings. The number of carbonyl (C=O) groups is 2. The lowest BCUT2D eigenvalue weighted by atomic mass is 10.2. The van der Waals surface area contributed by atoms with Crippen molar-refractivity contribution in [3.05, 3.63) is 64.1 Å². The van der Waals surface area contributed by atoms with Crippen LogP contribution in [0.4, 0.5) is 5.95 Å². The standard InChI is InChI=1S/C26H29BrN8O3/c1-16-3-4-17(27)13-21(16)35-15-30-22(24(28)36)23(35)25(37)33-26-31-19-6-5-18(14-20(19)32-26)38-12-2-9-34-10-7-29-8-11-34/h3-6,13-15,29H,2,7-12H2,1H3,(H2,28,36)(H2,31,32,33,37). The van der Waals surface area contributed by atoms with Crippen LogP contribution in [0.25, 0.3) is 16.7 Å². The van der Waals surface area contributed by atoms with Crippen LogP contribution in [0.1, 0.15) is 33.0 Å². The van der Waals surface area contributed by atoms with Crippen molar-refractivity contribution in [1.82, 2.24) is 29.7 Å². The molecule has 1 saturated heterocycles. The predicted molar refractivity (Wildman–Crippen MR) is 148 cm³/mol. The number of anilines is 1. The lowest BCUT2D eigenvalue weighted by Crippen LogP contribution is -2.43. The van der Waals surface area contributed by atoms with E-state index in [1.807, 2.05) is 43.3 Å². The highest BCUT2D eigenvalue weighted by atomic mass is 79.9. The van der Waals surface area contributed by atoms with Crippen LogP contribution >= 0.6 is 15.9 Å². The topological polar surface area (TPSA) is 143 Å². The van der Waals surface area contributed by atoms with Gasteiger partial charge in [-0.15, -0.1) is 0 Å². The summed E-state index contributed by atoms with van der Waals surface area (Å²) in [6, 6.07) is 11.2. The van der Waals surface area contributed by atoms with Gasteiger partial charge in [0.05, 0.1) is 23.3 Å². The minimum atomic E-state index is -0.801. The summed E-state index contributed by atoms with van der Waals surface area (Å²) in [5.41, 5.74) is 8.38. The molecule has 0 radical (unpaired) electrons. The molecule has 0 spiro atoms. The fourth-order valence-corrected chi connectivity index (χ4v) is 4.83. The molecule has 12 heteroatoms. The molecular formula is C26H29BrN8O3. The van der Waals surface area contributed by atoms with Crippen molar-refractivity contribution >= 4 is 44.7 Å². The number of aromatic amines is 1. The largest absolute Gasteiger partial charge is 0.493 e. The summed E-state index contributed by atoms with van der Waals surface area (Å²) in [6.07, 6.45) is 2.35. The van der Waals surface area contributed by atoms with Gasteiger partial charge in [0.2, 0.25) is 5.95 Å². The smallest absolute Gasteiger partial charge is 0.277 e. The van der Waals surface area contributed by atoms with E-state index in [0.717, 1.165) is 54.7 Å². The second-order valence-electron chi connectivity index (χ2n) is 9.12. The number of rotatable bonds is 9. The van der Waals surface area contributed by atoms with E-state index in [2.05, 4.69) is 46.4 Å². The molecule has 1 aliphatic heterocycles. The molecule has 4 aromatic rings. The van der Waals surface area contributed by atoms with E-state index in [4.69, 9.17) is 10.5 Å². The van der Waals surface area contributed by atoms with Gasteiger partial charge in [0.15, 0.2) is 5.69 Å². The Morgan fingerprint density at radius 3 is 2.79 bits per heavy atom. The monoisotopic (exact) mass is 580 g/mol. The third kappa shape index (κ3) is 5.72. The zero-order valence-corrected chi connectivity index (χ0v) is 22.5. The molecule has 5 rings (SSSR count). The van der Waals surface area contributed by atoms with Crippen molar-refractivity contribution < 1.29 is 14.3 Å². The summed E-state index contributed by atoms with van der Waals surface area (Å²) in [5, 5.41) is 6.10. The maximum absolute atomic E-state index is 13.4. The van der Waals surface area contributed by atoms with Crippen molar-refractivity contribution in [2.45, 2.75) is 13.3 Å². The second-order valence-corrected chi connectivity index (χ2v) is 10.0. The first-order valence-corrected chi connectivity index (χ1v) is 13.2. The Morgan fingerprint density at radius 1 is 1.18 bits per heavy atom. The molecule has 0 unspecified atom stereocenters. The predicted octanol–water partition coefficient (Wildman–Crippen LogP) is 2.84. The fraction of sp³-hybridized carbons (Fsp3) is 0.308. The highest BCUT2D eigenvalue weighted by molar-refractivity contribution is 9.10. The van der Waals surface area contributed by atoms with E-state index in [1.54, 1.807) is 4.57 Å². The summed E-state index contributed by atoms with van der Waals surface area (Å²) >= 11 is 3.45. The summed E-state index contributed by atoms with van der Waals surface area (Å²) in [6.45, 7) is 7.72. The number of nitrogens with one attached hydrogen (secondary N) is 3. The van der Waals surface area contributed by atoms with Gasteiger partial charge >= 0.3 is 0 Å². The lowest BCUT2D eigenvalue weighted by Gasteiger charge is -2.26. The number of H-pyrrole nitrogens is 1. The Hall–Kier alpha value is -3.74. The van der Waals surface area contributed by atoms with Gasteiger partial charge in [-0.1, -0.05) is 22.0 Å². The van der Waals surface area contributed by atoms with Gasteiger partial charge in [-0.05, 0) is 43.2 Å². The molecule has 0 bridgehead atoms. The number of nitrogens with two attached hydrogens (primary N) is 1. The average molecular weight is 581 g/mol. The second kappa shape index (κ2) is 11.3. The van der Waals surface area contributed by atoms with E-state index in [0.29, 0.717) is 23.6 Å². The van der Waals surface area contributed by atoms with Crippen LogP contribution in [-0.4, -0.2) is 75.6 Å². The third-order valence-electron chi connectivity index (χ3n) is 6.43. The van der Waals surface area contributed by atoms with Gasteiger partial charge in [-0.2, -0.15) is 0 Å². The Kier molecular flexibility index (Phi) is 7.72. The van der Waals surface area contributed by atoms with Gasteiger partial charge in [0.25, 0.3) is 11.8 Å². The zero-order valence-electron chi connectivity index (χ0n) is 21.0. The van der Waals surface area contributed by atoms with Crippen molar-refractivity contribution in [1.29, 1.82) is 0 Å². The molecular weight excluding hydrogens is 552 g/mol. The maximum atomic E-state index is 13.4. The molecule has 11 nitrogen and oxygen atoms in total. The number of aryl methyl sites for hydroxylation is 1. The number of nitrogens with zero attached hydrogens (tertiary/aromatic N) is 4. The molecule has 5 N–H and O–H groups in total. The number of carbonyl (C=O) groups excluding carboxylic acids is 2. The number of halogens is 1. The fourth-order valence-electron chi connectivity index (χ4n) is 4.48. The lowest BCUT2D eigenvalue weighted by molar-refractivity contribution is 0.0970. The summed E-state index contributed by atoms with van der Waals surface area (Å²) in [7, 11) is 0. The van der Waals surface area contributed by atoms with Gasteiger partial charge < -0.3 is 25.7 Å². The normalized spacial score (nSPS) is 14.1. The first-order valence-electron chi connectivity index (χ1n) is 12.4. The molecule has 2 aromatic carbocycles. The quantitative estimate of drug-likeness (QED) is 0.223. The van der Waals surface area contributed by atoms with Crippen LogP contribution in [0, 0.1) is 6.92 Å². The SMILES string of the molecule is Cc1ccc(Br)cc1-n1cnc(C(N)=O)c1C(=O)Nc1nc2cc(OCCCN3CCNCC3)ccc2[nH]1. The van der Waals surface area contributed by atoms with E-state index in [9.17, 15) is 9.59 Å². The molecule has 1 aliphatic rings. The van der Waals surface area contributed by atoms with Crippen molar-refractivity contribution in [2.75, 3.05) is 44.6 Å². The zero-order chi connectivity index (χ0) is 26.6. The molecule has 0 atom stereocenters. The third-order valence-corrected chi connectivity index (χ3v) is 6.92. The number of hydrogen-bond acceptors (Lipinski definition) is 7. The highest BCUT2D eigenvalue weighted by Crippen LogP contribution is 2.25. The minimum Gasteiger partial charge on any atom is -0.493 e. The van der Waals surface area contributed by atoms with Crippen LogP contribution in [0.5, 0.6) is 5.75 Å². The average Bonchev–Trinajstić information content (AvgIpc) is 3.52. The number of benzene rings is 2. The van der Waals surface area contributed by atoms with Gasteiger partial charge in [0.1, 0.15) is 17.8 Å². The van der Waals surface area contributed by atoms with Gasteiger partial charge in [-0.3, -0.25) is 19.5 Å². The highest BCUT2D eigenvalue weighted by Gasteiger charge is 2.25. The number of aromatic nitrogens is 4. The van der Waals surface area contributed by atoms with E-state index in [-0.39, 0.29) is 17.3 Å². The number of hydrogen-bond donors (Lipinski definition) is 4. The summed E-state index contributed by atoms with van der Waals surface area (Å²) in [4.78, 5) is 39.5. The van der Waals surface area contributed by atoms with E-state index >= 15 is 0 Å². The number of piperazine rings is 1. The molecule has 0 aliphatic carbocycles. The summed E-state index contributed by atoms with van der Waals surface area (Å²) in [5.74, 6) is -0.430. The Morgan fingerprint density at radius 2 is 2.00 bits per heavy atom. The first kappa shape index (κ1) is 25.9. The molecule has 198 valence electrons. The Bertz CT molecular complexity index is 1470.